The van der Waals surface area contributed by atoms with E-state index in [0.29, 0.717) is 24.3 Å². The predicted octanol–water partition coefficient (Wildman–Crippen LogP) is 0.805. The van der Waals surface area contributed by atoms with Crippen LogP contribution < -0.4 is 16.0 Å². The summed E-state index contributed by atoms with van der Waals surface area (Å²) in [6, 6.07) is 6.93. The Bertz CT molecular complexity index is 486. The van der Waals surface area contributed by atoms with E-state index in [9.17, 15) is 9.59 Å². The molecule has 1 amide bonds. The first-order valence-corrected chi connectivity index (χ1v) is 6.50. The quantitative estimate of drug-likeness (QED) is 0.360. The number of nitrogens with one attached hydrogen (secondary N) is 1. The zero-order valence-corrected chi connectivity index (χ0v) is 11.3. The first-order chi connectivity index (χ1) is 9.60. The number of ketones is 1. The van der Waals surface area contributed by atoms with E-state index in [1.165, 1.54) is 6.92 Å². The Labute approximate surface area is 117 Å². The van der Waals surface area contributed by atoms with Gasteiger partial charge in [-0.1, -0.05) is 0 Å². The fourth-order valence-corrected chi connectivity index (χ4v) is 2.09. The molecule has 1 aromatic rings. The number of ether oxygens (including phenoxy) is 2. The summed E-state index contributed by atoms with van der Waals surface area (Å²) in [5.41, 5.74) is 2.73. The SMILES string of the molecule is CC(=O)c1ccc(OCC2CCC(C(=O)NN)O2)cc1. The lowest BCUT2D eigenvalue weighted by molar-refractivity contribution is -0.132. The summed E-state index contributed by atoms with van der Waals surface area (Å²) in [6.07, 6.45) is 0.780. The third-order valence-electron chi connectivity index (χ3n) is 3.24. The molecular formula is C14H18N2O4. The van der Waals surface area contributed by atoms with Gasteiger partial charge in [-0.3, -0.25) is 15.0 Å². The van der Waals surface area contributed by atoms with Crippen LogP contribution >= 0.6 is 0 Å². The van der Waals surface area contributed by atoms with Gasteiger partial charge in [0.05, 0.1) is 6.10 Å². The van der Waals surface area contributed by atoms with E-state index in [2.05, 4.69) is 5.43 Å². The second-order valence-corrected chi connectivity index (χ2v) is 4.72. The lowest BCUT2D eigenvalue weighted by Crippen LogP contribution is -2.39. The van der Waals surface area contributed by atoms with Crippen molar-refractivity contribution in [2.24, 2.45) is 5.84 Å². The maximum Gasteiger partial charge on any atom is 0.263 e. The Kier molecular flexibility index (Phi) is 4.70. The highest BCUT2D eigenvalue weighted by Crippen LogP contribution is 2.21. The van der Waals surface area contributed by atoms with Gasteiger partial charge in [0.15, 0.2) is 5.78 Å². The molecule has 2 unspecified atom stereocenters. The Morgan fingerprint density at radius 2 is 2.05 bits per heavy atom. The zero-order valence-electron chi connectivity index (χ0n) is 11.3. The second kappa shape index (κ2) is 6.49. The van der Waals surface area contributed by atoms with Crippen molar-refractivity contribution in [2.45, 2.75) is 32.0 Å². The lowest BCUT2D eigenvalue weighted by atomic mass is 10.1. The molecule has 2 rings (SSSR count). The van der Waals surface area contributed by atoms with Crippen LogP contribution in [0.2, 0.25) is 0 Å². The van der Waals surface area contributed by atoms with Gasteiger partial charge in [0.2, 0.25) is 0 Å². The normalized spacial score (nSPS) is 21.5. The van der Waals surface area contributed by atoms with E-state index in [1.807, 2.05) is 0 Å². The fourth-order valence-electron chi connectivity index (χ4n) is 2.09. The molecule has 0 radical (unpaired) electrons. The van der Waals surface area contributed by atoms with Gasteiger partial charge < -0.3 is 9.47 Å². The number of hydrogen-bond donors (Lipinski definition) is 2. The Balaban J connectivity index is 1.81. The number of benzene rings is 1. The van der Waals surface area contributed by atoms with Crippen LogP contribution in [0, 0.1) is 0 Å². The minimum Gasteiger partial charge on any atom is -0.491 e. The number of carbonyl (C=O) groups excluding carboxylic acids is 2. The highest BCUT2D eigenvalue weighted by atomic mass is 16.5. The summed E-state index contributed by atoms with van der Waals surface area (Å²) >= 11 is 0. The van der Waals surface area contributed by atoms with Crippen molar-refractivity contribution in [3.63, 3.8) is 0 Å². The molecule has 108 valence electrons. The molecular weight excluding hydrogens is 260 g/mol. The first kappa shape index (κ1) is 14.5. The van der Waals surface area contributed by atoms with Crippen molar-refractivity contribution >= 4 is 11.7 Å². The molecule has 6 nitrogen and oxygen atoms in total. The number of Topliss-reactive ketones (excluding diaryl/α,β-unsaturated/α-hetero) is 1. The van der Waals surface area contributed by atoms with E-state index in [4.69, 9.17) is 15.3 Å². The number of amides is 1. The molecule has 1 aromatic carbocycles. The maximum absolute atomic E-state index is 11.3. The molecule has 1 saturated heterocycles. The first-order valence-electron chi connectivity index (χ1n) is 6.50. The summed E-state index contributed by atoms with van der Waals surface area (Å²) in [4.78, 5) is 22.4. The van der Waals surface area contributed by atoms with Gasteiger partial charge >= 0.3 is 0 Å². The molecule has 0 aromatic heterocycles. The smallest absolute Gasteiger partial charge is 0.263 e. The molecule has 1 aliphatic heterocycles. The molecule has 0 bridgehead atoms. The Morgan fingerprint density at radius 3 is 2.65 bits per heavy atom. The Morgan fingerprint density at radius 1 is 1.35 bits per heavy atom. The summed E-state index contributed by atoms with van der Waals surface area (Å²) in [7, 11) is 0. The van der Waals surface area contributed by atoms with Crippen molar-refractivity contribution in [3.05, 3.63) is 29.8 Å². The van der Waals surface area contributed by atoms with E-state index < -0.39 is 6.10 Å². The predicted molar refractivity (Wildman–Crippen MR) is 72.2 cm³/mol. The molecule has 1 heterocycles. The second-order valence-electron chi connectivity index (χ2n) is 4.72. The minimum absolute atomic E-state index is 0.0197. The summed E-state index contributed by atoms with van der Waals surface area (Å²) in [5, 5.41) is 0. The highest BCUT2D eigenvalue weighted by molar-refractivity contribution is 5.94. The third kappa shape index (κ3) is 3.55. The van der Waals surface area contributed by atoms with Gasteiger partial charge in [0, 0.05) is 5.56 Å². The van der Waals surface area contributed by atoms with Crippen molar-refractivity contribution in [1.29, 1.82) is 0 Å². The van der Waals surface area contributed by atoms with Crippen molar-refractivity contribution < 1.29 is 19.1 Å². The van der Waals surface area contributed by atoms with Crippen LogP contribution in [-0.4, -0.2) is 30.5 Å². The molecule has 1 aliphatic rings. The van der Waals surface area contributed by atoms with E-state index in [0.717, 1.165) is 6.42 Å². The molecule has 2 atom stereocenters. The number of nitrogens with two attached hydrogens (primary N) is 1. The highest BCUT2D eigenvalue weighted by Gasteiger charge is 2.30. The lowest BCUT2D eigenvalue weighted by Gasteiger charge is -2.13. The molecule has 6 heteroatoms. The van der Waals surface area contributed by atoms with Gasteiger partial charge in [-0.05, 0) is 44.0 Å². The van der Waals surface area contributed by atoms with Crippen LogP contribution in [0.4, 0.5) is 0 Å². The molecule has 1 fully saturated rings. The van der Waals surface area contributed by atoms with Crippen molar-refractivity contribution in [1.82, 2.24) is 5.43 Å². The summed E-state index contributed by atoms with van der Waals surface area (Å²) < 4.78 is 11.1. The van der Waals surface area contributed by atoms with Crippen LogP contribution in [0.1, 0.15) is 30.1 Å². The third-order valence-corrected chi connectivity index (χ3v) is 3.24. The van der Waals surface area contributed by atoms with Crippen molar-refractivity contribution in [3.8, 4) is 5.75 Å². The van der Waals surface area contributed by atoms with Gasteiger partial charge in [0.25, 0.3) is 5.91 Å². The van der Waals surface area contributed by atoms with Crippen LogP contribution in [-0.2, 0) is 9.53 Å². The number of hydrogen-bond acceptors (Lipinski definition) is 5. The minimum atomic E-state index is -0.492. The molecule has 0 spiro atoms. The van der Waals surface area contributed by atoms with Crippen LogP contribution in [0.3, 0.4) is 0 Å². The summed E-state index contributed by atoms with van der Waals surface area (Å²) in [5.74, 6) is 5.45. The topological polar surface area (TPSA) is 90.7 Å². The van der Waals surface area contributed by atoms with E-state index in [1.54, 1.807) is 24.3 Å². The maximum atomic E-state index is 11.3. The van der Waals surface area contributed by atoms with Gasteiger partial charge in [-0.2, -0.15) is 0 Å². The number of carbonyl (C=O) groups is 2. The average molecular weight is 278 g/mol. The summed E-state index contributed by atoms with van der Waals surface area (Å²) in [6.45, 7) is 1.89. The van der Waals surface area contributed by atoms with E-state index in [-0.39, 0.29) is 17.8 Å². The van der Waals surface area contributed by atoms with Gasteiger partial charge in [0.1, 0.15) is 18.5 Å². The van der Waals surface area contributed by atoms with Crippen molar-refractivity contribution in [2.75, 3.05) is 6.61 Å². The van der Waals surface area contributed by atoms with Gasteiger partial charge in [-0.25, -0.2) is 5.84 Å². The molecule has 3 N–H and O–H groups in total. The van der Waals surface area contributed by atoms with Crippen LogP contribution in [0.15, 0.2) is 24.3 Å². The number of rotatable bonds is 5. The number of hydrazine groups is 1. The molecule has 0 aliphatic carbocycles. The average Bonchev–Trinajstić information content (AvgIpc) is 2.93. The molecule has 0 saturated carbocycles. The monoisotopic (exact) mass is 278 g/mol. The molecule has 20 heavy (non-hydrogen) atoms. The fraction of sp³-hybridized carbons (Fsp3) is 0.429. The zero-order chi connectivity index (χ0) is 14.5. The standard InChI is InChI=1S/C14H18N2O4/c1-9(17)10-2-4-11(5-3-10)19-8-12-6-7-13(20-12)14(18)16-15/h2-5,12-13H,6-8,15H2,1H3,(H,16,18). The van der Waals surface area contributed by atoms with Gasteiger partial charge in [-0.15, -0.1) is 0 Å². The Hall–Kier alpha value is -1.92. The van der Waals surface area contributed by atoms with Crippen LogP contribution in [0.5, 0.6) is 5.75 Å². The largest absolute Gasteiger partial charge is 0.491 e. The van der Waals surface area contributed by atoms with Crippen LogP contribution in [0.25, 0.3) is 0 Å². The van der Waals surface area contributed by atoms with E-state index >= 15 is 0 Å².